The van der Waals surface area contributed by atoms with Crippen LogP contribution in [0, 0.1) is 0 Å². The molecule has 0 fully saturated rings. The standard InChI is InChI=1S/C15H19BClNO5/c1-15(2,3)18(14(19)20)6-11-13(17)10-4-5-21-7-9-8-22-16(23-11)12(9)10/h4-5,11H,6-8H2,1-3H3,(H,19,20)/t11-/m1/s1. The summed E-state index contributed by atoms with van der Waals surface area (Å²) in [5, 5.41) is 9.95. The Labute approximate surface area is 140 Å². The number of halogens is 1. The Morgan fingerprint density at radius 1 is 1.48 bits per heavy atom. The second kappa shape index (κ2) is 5.89. The highest BCUT2D eigenvalue weighted by Crippen LogP contribution is 2.39. The number of carboxylic acid groups (broad SMARTS) is 1. The molecule has 1 atom stereocenters. The number of ether oxygens (including phenoxy) is 1. The molecule has 0 spiro atoms. The van der Waals surface area contributed by atoms with Crippen molar-refractivity contribution in [2.45, 2.75) is 32.4 Å². The first-order valence-electron chi connectivity index (χ1n) is 7.47. The fourth-order valence-corrected chi connectivity index (χ4v) is 3.21. The van der Waals surface area contributed by atoms with Crippen molar-refractivity contribution in [3.05, 3.63) is 34.0 Å². The molecular formula is C15H19BClNO5. The van der Waals surface area contributed by atoms with Gasteiger partial charge < -0.3 is 24.1 Å². The zero-order valence-corrected chi connectivity index (χ0v) is 14.1. The molecule has 3 heterocycles. The Balaban J connectivity index is 1.94. The van der Waals surface area contributed by atoms with Gasteiger partial charge in [-0.3, -0.25) is 0 Å². The SMILES string of the molecule is CC(C)(C)N(C[C@H]1OB2OCC3=C2C(=C1Cl)C=COC3)C(=O)O. The molecule has 8 heteroatoms. The lowest BCUT2D eigenvalue weighted by Crippen LogP contribution is -2.51. The van der Waals surface area contributed by atoms with Crippen LogP contribution in [0.1, 0.15) is 20.8 Å². The Morgan fingerprint density at radius 2 is 2.22 bits per heavy atom. The van der Waals surface area contributed by atoms with Crippen molar-refractivity contribution in [2.24, 2.45) is 0 Å². The lowest BCUT2D eigenvalue weighted by Gasteiger charge is -2.37. The molecule has 0 bridgehead atoms. The van der Waals surface area contributed by atoms with Crippen LogP contribution >= 0.6 is 11.6 Å². The van der Waals surface area contributed by atoms with Crippen LogP contribution < -0.4 is 0 Å². The van der Waals surface area contributed by atoms with Crippen LogP contribution in [0.15, 0.2) is 34.0 Å². The van der Waals surface area contributed by atoms with E-state index >= 15 is 0 Å². The van der Waals surface area contributed by atoms with E-state index in [0.29, 0.717) is 18.2 Å². The van der Waals surface area contributed by atoms with Gasteiger partial charge in [-0.2, -0.15) is 0 Å². The zero-order valence-electron chi connectivity index (χ0n) is 13.3. The van der Waals surface area contributed by atoms with Crippen LogP contribution in [0.5, 0.6) is 0 Å². The van der Waals surface area contributed by atoms with E-state index in [1.165, 1.54) is 4.90 Å². The van der Waals surface area contributed by atoms with Crippen molar-refractivity contribution in [1.82, 2.24) is 4.90 Å². The molecule has 0 aromatic rings. The third-order valence-electron chi connectivity index (χ3n) is 4.12. The third kappa shape index (κ3) is 3.01. The number of carbonyl (C=O) groups is 1. The van der Waals surface area contributed by atoms with Gasteiger partial charge in [-0.05, 0) is 43.5 Å². The zero-order chi connectivity index (χ0) is 16.8. The summed E-state index contributed by atoms with van der Waals surface area (Å²) in [6, 6.07) is 0. The van der Waals surface area contributed by atoms with Crippen LogP contribution in [0.3, 0.4) is 0 Å². The van der Waals surface area contributed by atoms with Crippen molar-refractivity contribution in [3.8, 4) is 0 Å². The van der Waals surface area contributed by atoms with E-state index < -0.39 is 24.9 Å². The Kier molecular flexibility index (Phi) is 4.20. The lowest BCUT2D eigenvalue weighted by atomic mass is 9.70. The summed E-state index contributed by atoms with van der Waals surface area (Å²) < 4.78 is 17.0. The summed E-state index contributed by atoms with van der Waals surface area (Å²) in [5.41, 5.74) is 2.18. The summed E-state index contributed by atoms with van der Waals surface area (Å²) in [4.78, 5) is 12.9. The van der Waals surface area contributed by atoms with Crippen molar-refractivity contribution in [2.75, 3.05) is 19.8 Å². The molecule has 1 amide bonds. The van der Waals surface area contributed by atoms with E-state index in [2.05, 4.69) is 0 Å². The number of amides is 1. The van der Waals surface area contributed by atoms with E-state index in [4.69, 9.17) is 25.6 Å². The number of allylic oxidation sites excluding steroid dienone is 3. The van der Waals surface area contributed by atoms with Gasteiger partial charge in [0.2, 0.25) is 0 Å². The van der Waals surface area contributed by atoms with Gasteiger partial charge in [0.1, 0.15) is 6.61 Å². The smallest absolute Gasteiger partial charge is 0.495 e. The van der Waals surface area contributed by atoms with Gasteiger partial charge in [-0.1, -0.05) is 11.6 Å². The maximum absolute atomic E-state index is 11.6. The quantitative estimate of drug-likeness (QED) is 0.783. The minimum atomic E-state index is -1.01. The Hall–Kier alpha value is -1.44. The molecule has 0 radical (unpaired) electrons. The van der Waals surface area contributed by atoms with Gasteiger partial charge >= 0.3 is 13.2 Å². The summed E-state index contributed by atoms with van der Waals surface area (Å²) in [6.45, 7) is 6.52. The van der Waals surface area contributed by atoms with Gasteiger partial charge in [0.25, 0.3) is 0 Å². The Morgan fingerprint density at radius 3 is 2.87 bits per heavy atom. The average molecular weight is 340 g/mol. The number of hydrogen-bond acceptors (Lipinski definition) is 4. The molecular weight excluding hydrogens is 320 g/mol. The van der Waals surface area contributed by atoms with E-state index in [0.717, 1.165) is 16.6 Å². The van der Waals surface area contributed by atoms with Gasteiger partial charge in [-0.25, -0.2) is 4.79 Å². The van der Waals surface area contributed by atoms with Crippen LogP contribution in [0.4, 0.5) is 4.79 Å². The highest BCUT2D eigenvalue weighted by Gasteiger charge is 2.44. The lowest BCUT2D eigenvalue weighted by molar-refractivity contribution is 0.0671. The number of rotatable bonds is 2. The van der Waals surface area contributed by atoms with Crippen LogP contribution in [-0.4, -0.2) is 54.6 Å². The van der Waals surface area contributed by atoms with Crippen LogP contribution in [0.25, 0.3) is 0 Å². The van der Waals surface area contributed by atoms with Crippen LogP contribution in [0.2, 0.25) is 0 Å². The molecule has 1 N–H and O–H groups in total. The normalized spacial score (nSPS) is 23.7. The molecule has 0 aromatic carbocycles. The summed E-state index contributed by atoms with van der Waals surface area (Å²) in [6.07, 6.45) is 1.82. The summed E-state index contributed by atoms with van der Waals surface area (Å²) >= 11 is 6.52. The highest BCUT2D eigenvalue weighted by atomic mass is 35.5. The molecule has 0 saturated heterocycles. The minimum Gasteiger partial charge on any atom is -0.497 e. The van der Waals surface area contributed by atoms with E-state index in [-0.39, 0.29) is 6.54 Å². The van der Waals surface area contributed by atoms with Gasteiger partial charge in [-0.15, -0.1) is 0 Å². The molecule has 124 valence electrons. The fraction of sp³-hybridized carbons (Fsp3) is 0.533. The molecule has 3 aliphatic rings. The highest BCUT2D eigenvalue weighted by molar-refractivity contribution is 6.58. The van der Waals surface area contributed by atoms with Gasteiger partial charge in [0.15, 0.2) is 0 Å². The monoisotopic (exact) mass is 339 g/mol. The first-order valence-corrected chi connectivity index (χ1v) is 7.84. The molecule has 0 aliphatic carbocycles. The molecule has 3 rings (SSSR count). The number of hydrogen-bond donors (Lipinski definition) is 1. The Bertz CT molecular complexity index is 622. The first kappa shape index (κ1) is 16.4. The molecule has 0 aromatic heterocycles. The minimum absolute atomic E-state index is 0.137. The molecule has 23 heavy (non-hydrogen) atoms. The molecule has 0 saturated carbocycles. The van der Waals surface area contributed by atoms with Crippen molar-refractivity contribution < 1.29 is 23.9 Å². The predicted molar refractivity (Wildman–Crippen MR) is 86.1 cm³/mol. The topological polar surface area (TPSA) is 68.2 Å². The average Bonchev–Trinajstić information content (AvgIpc) is 2.71. The largest absolute Gasteiger partial charge is 0.497 e. The summed E-state index contributed by atoms with van der Waals surface area (Å²) in [5.74, 6) is 0. The van der Waals surface area contributed by atoms with Gasteiger partial charge in [0, 0.05) is 5.54 Å². The van der Waals surface area contributed by atoms with E-state index in [9.17, 15) is 9.90 Å². The molecule has 6 nitrogen and oxygen atoms in total. The van der Waals surface area contributed by atoms with E-state index in [1.807, 2.05) is 20.8 Å². The third-order valence-corrected chi connectivity index (χ3v) is 4.57. The first-order chi connectivity index (χ1) is 10.8. The molecule has 0 unspecified atom stereocenters. The fourth-order valence-electron chi connectivity index (χ4n) is 2.92. The predicted octanol–water partition coefficient (Wildman–Crippen LogP) is 2.55. The number of nitrogens with zero attached hydrogens (tertiary/aromatic N) is 1. The van der Waals surface area contributed by atoms with Crippen LogP contribution in [-0.2, 0) is 14.0 Å². The summed E-state index contributed by atoms with van der Waals surface area (Å²) in [7, 11) is -0.519. The molecule has 3 aliphatic heterocycles. The maximum atomic E-state index is 11.6. The van der Waals surface area contributed by atoms with Crippen molar-refractivity contribution >= 4 is 24.8 Å². The van der Waals surface area contributed by atoms with Crippen molar-refractivity contribution in [3.63, 3.8) is 0 Å². The second-order valence-corrected chi connectivity index (χ2v) is 7.13. The van der Waals surface area contributed by atoms with Crippen molar-refractivity contribution in [1.29, 1.82) is 0 Å². The van der Waals surface area contributed by atoms with E-state index in [1.54, 1.807) is 12.3 Å². The second-order valence-electron chi connectivity index (χ2n) is 6.72. The maximum Gasteiger partial charge on any atom is 0.495 e. The van der Waals surface area contributed by atoms with Gasteiger partial charge in [0.05, 0.1) is 30.5 Å².